The zero-order valence-electron chi connectivity index (χ0n) is 22.5. The summed E-state index contributed by atoms with van der Waals surface area (Å²) < 4.78 is 0. The molecular formula is C31H37N5O3. The van der Waals surface area contributed by atoms with Gasteiger partial charge in [0, 0.05) is 24.0 Å². The Labute approximate surface area is 229 Å². The second-order valence-electron chi connectivity index (χ2n) is 12.5. The highest BCUT2D eigenvalue weighted by Crippen LogP contribution is 2.47. The summed E-state index contributed by atoms with van der Waals surface area (Å²) >= 11 is 0. The van der Waals surface area contributed by atoms with E-state index in [0.717, 1.165) is 74.6 Å². The Hall–Kier alpha value is -3.26. The van der Waals surface area contributed by atoms with Crippen LogP contribution in [0, 0.1) is 0 Å². The van der Waals surface area contributed by atoms with Crippen LogP contribution in [0.15, 0.2) is 36.5 Å². The van der Waals surface area contributed by atoms with Gasteiger partial charge in [-0.15, -0.1) is 0 Å². The van der Waals surface area contributed by atoms with Crippen LogP contribution in [0.2, 0.25) is 0 Å². The summed E-state index contributed by atoms with van der Waals surface area (Å²) in [4.78, 5) is 46.9. The molecule has 7 rings (SSSR count). The van der Waals surface area contributed by atoms with Crippen molar-refractivity contribution >= 4 is 29.2 Å². The number of amides is 3. The van der Waals surface area contributed by atoms with Gasteiger partial charge in [0.25, 0.3) is 0 Å². The summed E-state index contributed by atoms with van der Waals surface area (Å²) in [5, 5.41) is 9.74. The lowest BCUT2D eigenvalue weighted by molar-refractivity contribution is -0.154. The fourth-order valence-corrected chi connectivity index (χ4v) is 8.11. The molecule has 2 aromatic rings. The highest BCUT2D eigenvalue weighted by molar-refractivity contribution is 6.06. The number of nitrogens with zero attached hydrogens (tertiary/aromatic N) is 2. The minimum Gasteiger partial charge on any atom is -0.325 e. The van der Waals surface area contributed by atoms with Gasteiger partial charge in [0.1, 0.15) is 12.4 Å². The van der Waals surface area contributed by atoms with E-state index in [-0.39, 0.29) is 29.8 Å². The number of aromatic nitrogens is 1. The first-order valence-electron chi connectivity index (χ1n) is 14.7. The van der Waals surface area contributed by atoms with Crippen molar-refractivity contribution in [3.05, 3.63) is 53.2 Å². The van der Waals surface area contributed by atoms with Crippen molar-refractivity contribution in [1.29, 1.82) is 0 Å². The number of piperazine rings is 1. The lowest BCUT2D eigenvalue weighted by Gasteiger charge is -2.53. The van der Waals surface area contributed by atoms with E-state index in [1.807, 2.05) is 35.2 Å². The van der Waals surface area contributed by atoms with Crippen molar-refractivity contribution < 1.29 is 14.4 Å². The summed E-state index contributed by atoms with van der Waals surface area (Å²) in [5.74, 6) is 0.614. The van der Waals surface area contributed by atoms with Gasteiger partial charge in [0.2, 0.25) is 17.7 Å². The number of carbonyl (C=O) groups is 3. The zero-order valence-corrected chi connectivity index (χ0v) is 22.5. The summed E-state index contributed by atoms with van der Waals surface area (Å²) in [5.41, 5.74) is 2.45. The van der Waals surface area contributed by atoms with Crippen molar-refractivity contribution in [3.8, 4) is 0 Å². The Kier molecular flexibility index (Phi) is 5.81. The smallest absolute Gasteiger partial charge is 0.244 e. The summed E-state index contributed by atoms with van der Waals surface area (Å²) in [6, 6.07) is 9.82. The molecule has 204 valence electrons. The van der Waals surface area contributed by atoms with E-state index < -0.39 is 11.0 Å². The molecule has 1 aromatic carbocycles. The van der Waals surface area contributed by atoms with E-state index in [1.165, 1.54) is 12.8 Å². The number of hydrogen-bond donors (Lipinski definition) is 3. The maximum Gasteiger partial charge on any atom is 0.244 e. The average Bonchev–Trinajstić information content (AvgIpc) is 3.58. The fraction of sp³-hybridized carbons (Fsp3) is 0.548. The van der Waals surface area contributed by atoms with Gasteiger partial charge in [0.05, 0.1) is 16.5 Å². The van der Waals surface area contributed by atoms with Crippen LogP contribution in [0.3, 0.4) is 0 Å². The molecule has 3 spiro atoms. The Morgan fingerprint density at radius 2 is 1.69 bits per heavy atom. The molecule has 1 atom stereocenters. The van der Waals surface area contributed by atoms with Crippen LogP contribution in [0.5, 0.6) is 0 Å². The van der Waals surface area contributed by atoms with Gasteiger partial charge < -0.3 is 20.9 Å². The third-order valence-corrected chi connectivity index (χ3v) is 10.2. The van der Waals surface area contributed by atoms with Gasteiger partial charge in [-0.25, -0.2) is 4.98 Å². The third-order valence-electron chi connectivity index (χ3n) is 10.2. The van der Waals surface area contributed by atoms with Crippen LogP contribution in [-0.2, 0) is 32.6 Å². The van der Waals surface area contributed by atoms with E-state index in [0.29, 0.717) is 24.3 Å². The maximum atomic E-state index is 14.0. The Balaban J connectivity index is 1.11. The van der Waals surface area contributed by atoms with Gasteiger partial charge in [-0.3, -0.25) is 14.4 Å². The number of fused-ring (bicyclic) bond motifs is 3. The van der Waals surface area contributed by atoms with Gasteiger partial charge in [0.15, 0.2) is 0 Å². The Morgan fingerprint density at radius 3 is 2.49 bits per heavy atom. The molecule has 3 aliphatic carbocycles. The molecule has 0 radical (unpaired) electrons. The number of carbonyl (C=O) groups excluding carboxylic acids is 3. The minimum absolute atomic E-state index is 0.00949. The third kappa shape index (κ3) is 3.90. The number of benzene rings is 1. The molecule has 3 fully saturated rings. The van der Waals surface area contributed by atoms with Gasteiger partial charge in [-0.2, -0.15) is 0 Å². The van der Waals surface area contributed by atoms with Gasteiger partial charge in [-0.1, -0.05) is 50.7 Å². The van der Waals surface area contributed by atoms with Crippen molar-refractivity contribution in [1.82, 2.24) is 15.2 Å². The first-order valence-corrected chi connectivity index (χ1v) is 14.7. The van der Waals surface area contributed by atoms with Crippen molar-refractivity contribution in [3.63, 3.8) is 0 Å². The molecule has 1 aromatic heterocycles. The molecule has 2 saturated carbocycles. The normalized spacial score (nSPS) is 26.5. The largest absolute Gasteiger partial charge is 0.325 e. The number of nitrogens with one attached hydrogen (secondary N) is 3. The summed E-state index contributed by atoms with van der Waals surface area (Å²) in [6.45, 7) is 0.871. The molecule has 3 heterocycles. The molecule has 8 nitrogen and oxygen atoms in total. The number of pyridine rings is 1. The van der Waals surface area contributed by atoms with Crippen LogP contribution < -0.4 is 16.0 Å². The first-order chi connectivity index (χ1) is 18.9. The molecular weight excluding hydrogens is 490 g/mol. The highest BCUT2D eigenvalue weighted by Gasteiger charge is 2.54. The van der Waals surface area contributed by atoms with E-state index in [4.69, 9.17) is 0 Å². The molecule has 8 heteroatoms. The highest BCUT2D eigenvalue weighted by atomic mass is 16.2. The molecule has 39 heavy (non-hydrogen) atoms. The molecule has 5 aliphatic rings. The van der Waals surface area contributed by atoms with E-state index in [1.54, 1.807) is 6.20 Å². The topological polar surface area (TPSA) is 103 Å². The van der Waals surface area contributed by atoms with Crippen LogP contribution >= 0.6 is 0 Å². The van der Waals surface area contributed by atoms with E-state index in [2.05, 4.69) is 20.9 Å². The number of hydrogen-bond acceptors (Lipinski definition) is 5. The SMILES string of the molecule is O=C(CN1C(=O)C2(CCCC2)NCC12CCCCCC2)Nc1ccc2c(c1)C[C@@]1(C2)C(=O)Nc2ncccc21. The quantitative estimate of drug-likeness (QED) is 0.563. The van der Waals surface area contributed by atoms with Crippen LogP contribution in [0.1, 0.15) is 80.9 Å². The lowest BCUT2D eigenvalue weighted by Crippen LogP contribution is -2.73. The molecule has 3 amide bonds. The molecule has 0 bridgehead atoms. The maximum absolute atomic E-state index is 14.0. The van der Waals surface area contributed by atoms with Crippen LogP contribution in [0.25, 0.3) is 0 Å². The fourth-order valence-electron chi connectivity index (χ4n) is 8.11. The average molecular weight is 528 g/mol. The van der Waals surface area contributed by atoms with Crippen molar-refractivity contribution in [2.45, 2.75) is 93.5 Å². The molecule has 2 aliphatic heterocycles. The molecule has 3 N–H and O–H groups in total. The monoisotopic (exact) mass is 527 g/mol. The second kappa shape index (κ2) is 9.15. The molecule has 1 saturated heterocycles. The van der Waals surface area contributed by atoms with Crippen LogP contribution in [0.4, 0.5) is 11.5 Å². The minimum atomic E-state index is -0.636. The summed E-state index contributed by atoms with van der Waals surface area (Å²) in [6.07, 6.45) is 13.2. The van der Waals surface area contributed by atoms with Gasteiger partial charge >= 0.3 is 0 Å². The van der Waals surface area contributed by atoms with Gasteiger partial charge in [-0.05, 0) is 67.9 Å². The summed E-state index contributed by atoms with van der Waals surface area (Å²) in [7, 11) is 0. The van der Waals surface area contributed by atoms with Crippen LogP contribution in [-0.4, -0.2) is 51.8 Å². The predicted molar refractivity (Wildman–Crippen MR) is 148 cm³/mol. The van der Waals surface area contributed by atoms with Crippen molar-refractivity contribution in [2.24, 2.45) is 0 Å². The predicted octanol–water partition coefficient (Wildman–Crippen LogP) is 3.85. The zero-order chi connectivity index (χ0) is 26.7. The van der Waals surface area contributed by atoms with E-state index >= 15 is 0 Å². The van der Waals surface area contributed by atoms with E-state index in [9.17, 15) is 14.4 Å². The first kappa shape index (κ1) is 24.8. The Morgan fingerprint density at radius 1 is 0.949 bits per heavy atom. The second-order valence-corrected chi connectivity index (χ2v) is 12.5. The standard InChI is InChI=1S/C31H37N5O3/c37-25(19-36-28(39)31(13-5-6-14-31)33-20-29(36)11-3-1-2-4-12-29)34-23-10-9-21-17-30(18-22(21)16-23)24-8-7-15-32-26(24)35-27(30)38/h7-10,15-16,33H,1-6,11-14,17-20H2,(H,34,37)(H,32,35,38)/t30-/m1/s1. The number of anilines is 2. The van der Waals surface area contributed by atoms with Crippen molar-refractivity contribution in [2.75, 3.05) is 23.7 Å². The molecule has 0 unspecified atom stereocenters. The number of rotatable bonds is 3. The lowest BCUT2D eigenvalue weighted by atomic mass is 9.79. The Bertz CT molecular complexity index is 1340.